The summed E-state index contributed by atoms with van der Waals surface area (Å²) in [6, 6.07) is 9.79. The predicted molar refractivity (Wildman–Crippen MR) is 68.7 cm³/mol. The summed E-state index contributed by atoms with van der Waals surface area (Å²) in [6.07, 6.45) is 8.94. The Morgan fingerprint density at radius 3 is 2.19 bits per heavy atom. The van der Waals surface area contributed by atoms with E-state index in [-0.39, 0.29) is 5.41 Å². The maximum absolute atomic E-state index is 10.3. The van der Waals surface area contributed by atoms with Crippen molar-refractivity contribution in [1.82, 2.24) is 0 Å². The normalized spacial score (nSPS) is 15.7. The van der Waals surface area contributed by atoms with E-state index in [2.05, 4.69) is 5.92 Å². The summed E-state index contributed by atoms with van der Waals surface area (Å²) < 4.78 is 0. The number of benzene rings is 1. The second-order valence-electron chi connectivity index (χ2n) is 4.90. The van der Waals surface area contributed by atoms with Crippen molar-refractivity contribution in [3.8, 4) is 12.3 Å². The summed E-state index contributed by atoms with van der Waals surface area (Å²) in [7, 11) is 0. The zero-order valence-corrected chi connectivity index (χ0v) is 10.1. The molecule has 1 rings (SSSR count). The van der Waals surface area contributed by atoms with Crippen molar-refractivity contribution in [1.29, 1.82) is 0 Å². The lowest BCUT2D eigenvalue weighted by Gasteiger charge is -2.33. The standard InChI is InChI=1S/C15H18O/c1-5-15(16,14(2,3)4)12-11-13-9-7-6-8-10-13/h1,6-12,16H,2-4H3. The van der Waals surface area contributed by atoms with Crippen molar-refractivity contribution in [3.63, 3.8) is 0 Å². The molecule has 1 unspecified atom stereocenters. The molecule has 1 aromatic carbocycles. The summed E-state index contributed by atoms with van der Waals surface area (Å²) >= 11 is 0. The third kappa shape index (κ3) is 2.74. The van der Waals surface area contributed by atoms with Gasteiger partial charge in [-0.15, -0.1) is 6.42 Å². The van der Waals surface area contributed by atoms with Crippen LogP contribution >= 0.6 is 0 Å². The van der Waals surface area contributed by atoms with Crippen LogP contribution in [0.1, 0.15) is 26.3 Å². The Kier molecular flexibility index (Phi) is 3.57. The SMILES string of the molecule is C#CC(O)(C=Cc1ccccc1)C(C)(C)C. The average molecular weight is 214 g/mol. The number of rotatable bonds is 2. The molecule has 0 bridgehead atoms. The maximum Gasteiger partial charge on any atom is 0.148 e. The highest BCUT2D eigenvalue weighted by molar-refractivity contribution is 5.52. The van der Waals surface area contributed by atoms with Gasteiger partial charge in [-0.3, -0.25) is 0 Å². The van der Waals surface area contributed by atoms with Gasteiger partial charge < -0.3 is 5.11 Å². The highest BCUT2D eigenvalue weighted by Gasteiger charge is 2.35. The Hall–Kier alpha value is -1.52. The molecule has 0 saturated carbocycles. The van der Waals surface area contributed by atoms with Crippen molar-refractivity contribution in [3.05, 3.63) is 42.0 Å². The smallest absolute Gasteiger partial charge is 0.148 e. The molecule has 0 heterocycles. The minimum atomic E-state index is -1.22. The zero-order chi connectivity index (χ0) is 12.2. The van der Waals surface area contributed by atoms with E-state index in [0.29, 0.717) is 0 Å². The van der Waals surface area contributed by atoms with Crippen LogP contribution in [-0.2, 0) is 0 Å². The van der Waals surface area contributed by atoms with E-state index in [1.165, 1.54) is 0 Å². The highest BCUT2D eigenvalue weighted by atomic mass is 16.3. The molecule has 0 saturated heterocycles. The van der Waals surface area contributed by atoms with Gasteiger partial charge in [-0.2, -0.15) is 0 Å². The van der Waals surface area contributed by atoms with Gasteiger partial charge in [0.2, 0.25) is 0 Å². The minimum Gasteiger partial charge on any atom is -0.373 e. The van der Waals surface area contributed by atoms with Crippen molar-refractivity contribution >= 4 is 6.08 Å². The van der Waals surface area contributed by atoms with E-state index < -0.39 is 5.60 Å². The van der Waals surface area contributed by atoms with Crippen molar-refractivity contribution < 1.29 is 5.11 Å². The Bertz CT molecular complexity index is 403. The van der Waals surface area contributed by atoms with Gasteiger partial charge in [0.1, 0.15) is 5.60 Å². The van der Waals surface area contributed by atoms with Crippen LogP contribution in [-0.4, -0.2) is 10.7 Å². The molecule has 1 heteroatoms. The fraction of sp³-hybridized carbons (Fsp3) is 0.333. The van der Waals surface area contributed by atoms with E-state index in [1.54, 1.807) is 6.08 Å². The lowest BCUT2D eigenvalue weighted by Crippen LogP contribution is -2.39. The van der Waals surface area contributed by atoms with Crippen LogP contribution in [0.4, 0.5) is 0 Å². The third-order valence-electron chi connectivity index (χ3n) is 2.68. The quantitative estimate of drug-likeness (QED) is 0.750. The monoisotopic (exact) mass is 214 g/mol. The molecule has 84 valence electrons. The van der Waals surface area contributed by atoms with E-state index >= 15 is 0 Å². The van der Waals surface area contributed by atoms with Crippen LogP contribution in [0.5, 0.6) is 0 Å². The molecule has 0 spiro atoms. The molecule has 0 aliphatic carbocycles. The molecule has 1 nitrogen and oxygen atoms in total. The largest absolute Gasteiger partial charge is 0.373 e. The second kappa shape index (κ2) is 4.55. The fourth-order valence-corrected chi connectivity index (χ4v) is 1.30. The first-order valence-electron chi connectivity index (χ1n) is 5.33. The molecule has 16 heavy (non-hydrogen) atoms. The van der Waals surface area contributed by atoms with Gasteiger partial charge in [0.15, 0.2) is 0 Å². The summed E-state index contributed by atoms with van der Waals surface area (Å²) in [5.74, 6) is 2.46. The molecule has 0 amide bonds. The second-order valence-corrected chi connectivity index (χ2v) is 4.90. The van der Waals surface area contributed by atoms with Crippen LogP contribution in [0, 0.1) is 17.8 Å². The Morgan fingerprint density at radius 1 is 1.19 bits per heavy atom. The molecule has 0 aliphatic heterocycles. The lowest BCUT2D eigenvalue weighted by atomic mass is 9.76. The average Bonchev–Trinajstić information content (AvgIpc) is 2.26. The van der Waals surface area contributed by atoms with Crippen LogP contribution in [0.25, 0.3) is 6.08 Å². The fourth-order valence-electron chi connectivity index (χ4n) is 1.30. The molecule has 1 atom stereocenters. The van der Waals surface area contributed by atoms with E-state index in [1.807, 2.05) is 57.2 Å². The van der Waals surface area contributed by atoms with Gasteiger partial charge >= 0.3 is 0 Å². The molecule has 0 aromatic heterocycles. The van der Waals surface area contributed by atoms with Gasteiger partial charge in [-0.1, -0.05) is 63.1 Å². The van der Waals surface area contributed by atoms with Crippen LogP contribution in [0.2, 0.25) is 0 Å². The van der Waals surface area contributed by atoms with Gasteiger partial charge in [0.25, 0.3) is 0 Å². The molecule has 0 fully saturated rings. The molecule has 1 aromatic rings. The Balaban J connectivity index is 2.96. The molecule has 0 radical (unpaired) electrons. The molecule has 0 aliphatic rings. The summed E-state index contributed by atoms with van der Waals surface area (Å²) in [5, 5.41) is 10.3. The third-order valence-corrected chi connectivity index (χ3v) is 2.68. The topological polar surface area (TPSA) is 20.2 Å². The van der Waals surface area contributed by atoms with Gasteiger partial charge in [0.05, 0.1) is 0 Å². The summed E-state index contributed by atoms with van der Waals surface area (Å²) in [5.41, 5.74) is -0.573. The van der Waals surface area contributed by atoms with Crippen molar-refractivity contribution in [2.75, 3.05) is 0 Å². The molecule has 1 N–H and O–H groups in total. The van der Waals surface area contributed by atoms with Crippen LogP contribution in [0.3, 0.4) is 0 Å². The predicted octanol–water partition coefficient (Wildman–Crippen LogP) is 3.11. The van der Waals surface area contributed by atoms with Gasteiger partial charge in [-0.05, 0) is 11.6 Å². The first-order chi connectivity index (χ1) is 7.39. The Morgan fingerprint density at radius 2 is 1.75 bits per heavy atom. The Labute approximate surface area is 97.8 Å². The van der Waals surface area contributed by atoms with E-state index in [4.69, 9.17) is 6.42 Å². The number of aliphatic hydroxyl groups is 1. The summed E-state index contributed by atoms with van der Waals surface area (Å²) in [4.78, 5) is 0. The van der Waals surface area contributed by atoms with Gasteiger partial charge in [0, 0.05) is 5.41 Å². The van der Waals surface area contributed by atoms with Crippen molar-refractivity contribution in [2.45, 2.75) is 26.4 Å². The minimum absolute atomic E-state index is 0.382. The van der Waals surface area contributed by atoms with Gasteiger partial charge in [-0.25, -0.2) is 0 Å². The van der Waals surface area contributed by atoms with Crippen LogP contribution in [0.15, 0.2) is 36.4 Å². The van der Waals surface area contributed by atoms with E-state index in [0.717, 1.165) is 5.56 Å². The first-order valence-corrected chi connectivity index (χ1v) is 5.33. The maximum atomic E-state index is 10.3. The molecular formula is C15H18O. The van der Waals surface area contributed by atoms with E-state index in [9.17, 15) is 5.11 Å². The highest BCUT2D eigenvalue weighted by Crippen LogP contribution is 2.31. The lowest BCUT2D eigenvalue weighted by molar-refractivity contribution is 0.0408. The van der Waals surface area contributed by atoms with Crippen molar-refractivity contribution in [2.24, 2.45) is 5.41 Å². The van der Waals surface area contributed by atoms with Crippen LogP contribution < -0.4 is 0 Å². The first kappa shape index (κ1) is 12.5. The summed E-state index contributed by atoms with van der Waals surface area (Å²) in [6.45, 7) is 5.76. The molecular weight excluding hydrogens is 196 g/mol. The number of hydrogen-bond acceptors (Lipinski definition) is 1. The number of terminal acetylenes is 1. The zero-order valence-electron chi connectivity index (χ0n) is 10.1. The number of hydrogen-bond donors (Lipinski definition) is 1.